The molecule has 0 aromatic heterocycles. The first-order valence-corrected chi connectivity index (χ1v) is 7.57. The van der Waals surface area contributed by atoms with Gasteiger partial charge in [0.1, 0.15) is 11.9 Å². The second-order valence-corrected chi connectivity index (χ2v) is 7.59. The van der Waals surface area contributed by atoms with Gasteiger partial charge in [0.15, 0.2) is 0 Å². The summed E-state index contributed by atoms with van der Waals surface area (Å²) >= 11 is 16.7. The summed E-state index contributed by atoms with van der Waals surface area (Å²) < 4.78 is 24.2. The van der Waals surface area contributed by atoms with Gasteiger partial charge in [-0.05, 0) is 17.7 Å². The van der Waals surface area contributed by atoms with Gasteiger partial charge in [-0.3, -0.25) is 9.05 Å². The van der Waals surface area contributed by atoms with Gasteiger partial charge in [-0.2, -0.15) is 0 Å². The minimum absolute atomic E-state index is 0.229. The first kappa shape index (κ1) is 17.1. The van der Waals surface area contributed by atoms with Crippen molar-refractivity contribution in [2.45, 2.75) is 9.90 Å². The number of aliphatic hydroxyl groups is 1. The molecule has 0 aliphatic rings. The maximum atomic E-state index is 11.7. The van der Waals surface area contributed by atoms with E-state index in [1.807, 2.05) is 0 Å². The number of benzene rings is 1. The zero-order chi connectivity index (χ0) is 14.7. The zero-order valence-corrected chi connectivity index (χ0v) is 13.2. The molecule has 0 saturated carbocycles. The van der Waals surface area contributed by atoms with E-state index in [0.717, 1.165) is 0 Å². The molecular formula is C10H12Cl3O5P. The Balaban J connectivity index is 2.86. The lowest BCUT2D eigenvalue weighted by Gasteiger charge is -2.19. The molecule has 1 atom stereocenters. The van der Waals surface area contributed by atoms with Gasteiger partial charge in [-0.25, -0.2) is 4.57 Å². The minimum atomic E-state index is -3.62. The summed E-state index contributed by atoms with van der Waals surface area (Å²) in [7, 11) is -1.22. The zero-order valence-electron chi connectivity index (χ0n) is 10.0. The lowest BCUT2D eigenvalue weighted by atomic mass is 10.1. The van der Waals surface area contributed by atoms with E-state index in [9.17, 15) is 9.67 Å². The van der Waals surface area contributed by atoms with Gasteiger partial charge in [0.2, 0.25) is 3.79 Å². The van der Waals surface area contributed by atoms with E-state index in [0.29, 0.717) is 5.56 Å². The molecule has 0 saturated heterocycles. The maximum absolute atomic E-state index is 11.7. The molecule has 0 aliphatic heterocycles. The van der Waals surface area contributed by atoms with Crippen LogP contribution in [0.1, 0.15) is 11.7 Å². The molecule has 0 amide bonds. The Kier molecular flexibility index (Phi) is 5.96. The number of phosphoric ester groups is 1. The lowest BCUT2D eigenvalue weighted by Crippen LogP contribution is -2.16. The monoisotopic (exact) mass is 348 g/mol. The van der Waals surface area contributed by atoms with Crippen molar-refractivity contribution in [2.75, 3.05) is 14.2 Å². The summed E-state index contributed by atoms with van der Waals surface area (Å²) in [5.74, 6) is 0.229. The summed E-state index contributed by atoms with van der Waals surface area (Å²) in [5.41, 5.74) is 0.372. The predicted octanol–water partition coefficient (Wildman–Crippen LogP) is 3.87. The molecule has 0 heterocycles. The fourth-order valence-electron chi connectivity index (χ4n) is 1.18. The number of phosphoric acid groups is 1. The molecule has 0 fully saturated rings. The minimum Gasteiger partial charge on any atom is -0.404 e. The second kappa shape index (κ2) is 6.64. The molecule has 1 rings (SSSR count). The van der Waals surface area contributed by atoms with E-state index in [1.54, 1.807) is 0 Å². The number of aliphatic hydroxyl groups excluding tert-OH is 1. The van der Waals surface area contributed by atoms with Crippen LogP contribution in [-0.2, 0) is 13.6 Å². The molecular weight excluding hydrogens is 337 g/mol. The SMILES string of the molecule is COP(=O)(OC)Oc1ccc([C@H](O)C(Cl)(Cl)Cl)cc1. The van der Waals surface area contributed by atoms with Crippen LogP contribution >= 0.6 is 42.6 Å². The smallest absolute Gasteiger partial charge is 0.404 e. The van der Waals surface area contributed by atoms with Crippen LogP contribution < -0.4 is 4.52 Å². The number of halogens is 3. The molecule has 5 nitrogen and oxygen atoms in total. The first-order chi connectivity index (χ1) is 8.72. The third kappa shape index (κ3) is 4.80. The van der Waals surface area contributed by atoms with Gasteiger partial charge < -0.3 is 9.63 Å². The Morgan fingerprint density at radius 3 is 2.00 bits per heavy atom. The van der Waals surface area contributed by atoms with Gasteiger partial charge in [-0.1, -0.05) is 46.9 Å². The number of alkyl halides is 3. The third-order valence-electron chi connectivity index (χ3n) is 2.17. The van der Waals surface area contributed by atoms with Crippen molar-refractivity contribution in [1.82, 2.24) is 0 Å². The number of hydrogen-bond donors (Lipinski definition) is 1. The Morgan fingerprint density at radius 1 is 1.16 bits per heavy atom. The van der Waals surface area contributed by atoms with Crippen LogP contribution in [-0.4, -0.2) is 23.1 Å². The van der Waals surface area contributed by atoms with Crippen LogP contribution in [0.3, 0.4) is 0 Å². The highest BCUT2D eigenvalue weighted by molar-refractivity contribution is 7.48. The van der Waals surface area contributed by atoms with Crippen molar-refractivity contribution < 1.29 is 23.2 Å². The second-order valence-electron chi connectivity index (χ2n) is 3.42. The van der Waals surface area contributed by atoms with Crippen LogP contribution in [0.4, 0.5) is 0 Å². The summed E-state index contributed by atoms with van der Waals surface area (Å²) in [6.07, 6.45) is -1.29. The Morgan fingerprint density at radius 2 is 1.63 bits per heavy atom. The van der Waals surface area contributed by atoms with Crippen molar-refractivity contribution in [3.8, 4) is 5.75 Å². The Bertz CT molecular complexity index is 451. The van der Waals surface area contributed by atoms with Gasteiger partial charge in [0, 0.05) is 14.2 Å². The van der Waals surface area contributed by atoms with Crippen molar-refractivity contribution in [2.24, 2.45) is 0 Å². The normalized spacial score (nSPS) is 14.2. The highest BCUT2D eigenvalue weighted by Gasteiger charge is 2.32. The van der Waals surface area contributed by atoms with E-state index in [-0.39, 0.29) is 5.75 Å². The van der Waals surface area contributed by atoms with Crippen LogP contribution in [0.2, 0.25) is 0 Å². The molecule has 0 aliphatic carbocycles. The van der Waals surface area contributed by atoms with Crippen LogP contribution in [0, 0.1) is 0 Å². The van der Waals surface area contributed by atoms with Crippen molar-refractivity contribution in [3.05, 3.63) is 29.8 Å². The van der Waals surface area contributed by atoms with Crippen LogP contribution in [0.25, 0.3) is 0 Å². The molecule has 108 valence electrons. The maximum Gasteiger partial charge on any atom is 0.529 e. The fraction of sp³-hybridized carbons (Fsp3) is 0.400. The largest absolute Gasteiger partial charge is 0.529 e. The van der Waals surface area contributed by atoms with Crippen LogP contribution in [0.15, 0.2) is 24.3 Å². The molecule has 1 aromatic carbocycles. The Labute approximate surface area is 125 Å². The molecule has 0 unspecified atom stereocenters. The van der Waals surface area contributed by atoms with E-state index in [2.05, 4.69) is 9.05 Å². The highest BCUT2D eigenvalue weighted by Crippen LogP contribution is 2.48. The topological polar surface area (TPSA) is 65.0 Å². The summed E-state index contributed by atoms with van der Waals surface area (Å²) in [6, 6.07) is 5.83. The summed E-state index contributed by atoms with van der Waals surface area (Å²) in [4.78, 5) is 0. The standard InChI is InChI=1S/C10H12Cl3O5P/c1-16-19(15,17-2)18-8-5-3-7(4-6-8)9(14)10(11,12)13/h3-6,9,14H,1-2H3/t9-/m0/s1. The molecule has 0 radical (unpaired) electrons. The van der Waals surface area contributed by atoms with Crippen LogP contribution in [0.5, 0.6) is 5.75 Å². The first-order valence-electron chi connectivity index (χ1n) is 4.97. The summed E-state index contributed by atoms with van der Waals surface area (Å²) in [6.45, 7) is 0. The molecule has 1 aromatic rings. The molecule has 0 spiro atoms. The molecule has 19 heavy (non-hydrogen) atoms. The molecule has 0 bridgehead atoms. The van der Waals surface area contributed by atoms with Gasteiger partial charge in [0.25, 0.3) is 0 Å². The van der Waals surface area contributed by atoms with Gasteiger partial charge in [-0.15, -0.1) is 0 Å². The van der Waals surface area contributed by atoms with Gasteiger partial charge in [0.05, 0.1) is 0 Å². The fourth-order valence-corrected chi connectivity index (χ4v) is 2.23. The molecule has 9 heteroatoms. The van der Waals surface area contributed by atoms with E-state index in [4.69, 9.17) is 39.3 Å². The predicted molar refractivity (Wildman–Crippen MR) is 73.9 cm³/mol. The quantitative estimate of drug-likeness (QED) is 0.646. The number of hydrogen-bond acceptors (Lipinski definition) is 5. The highest BCUT2D eigenvalue weighted by atomic mass is 35.6. The van der Waals surface area contributed by atoms with Gasteiger partial charge >= 0.3 is 7.82 Å². The van der Waals surface area contributed by atoms with Crippen molar-refractivity contribution in [3.63, 3.8) is 0 Å². The van der Waals surface area contributed by atoms with E-state index >= 15 is 0 Å². The summed E-state index contributed by atoms with van der Waals surface area (Å²) in [5, 5.41) is 9.73. The number of rotatable bonds is 5. The average Bonchev–Trinajstić information content (AvgIpc) is 2.37. The van der Waals surface area contributed by atoms with Crippen molar-refractivity contribution >= 4 is 42.6 Å². The Hall–Kier alpha value is -0.000000000000000167. The average molecular weight is 350 g/mol. The van der Waals surface area contributed by atoms with E-state index in [1.165, 1.54) is 38.5 Å². The van der Waals surface area contributed by atoms with E-state index < -0.39 is 17.7 Å². The lowest BCUT2D eigenvalue weighted by molar-refractivity contribution is 0.182. The molecule has 1 N–H and O–H groups in total. The third-order valence-corrected chi connectivity index (χ3v) is 4.12. The van der Waals surface area contributed by atoms with Crippen molar-refractivity contribution in [1.29, 1.82) is 0 Å².